The number of ether oxygens (including phenoxy) is 1. The Morgan fingerprint density at radius 1 is 1.29 bits per heavy atom. The topological polar surface area (TPSA) is 55.4 Å². The Morgan fingerprint density at radius 3 is 2.52 bits per heavy atom. The zero-order valence-corrected chi connectivity index (χ0v) is 13.3. The van der Waals surface area contributed by atoms with E-state index in [0.29, 0.717) is 30.7 Å². The van der Waals surface area contributed by atoms with E-state index in [9.17, 15) is 9.59 Å². The lowest BCUT2D eigenvalue weighted by molar-refractivity contribution is -0.116. The van der Waals surface area contributed by atoms with E-state index in [2.05, 4.69) is 5.32 Å². The highest BCUT2D eigenvalue weighted by molar-refractivity contribution is 6.20. The van der Waals surface area contributed by atoms with Crippen molar-refractivity contribution < 1.29 is 14.3 Å². The summed E-state index contributed by atoms with van der Waals surface area (Å²) in [5, 5.41) is 2.75. The summed E-state index contributed by atoms with van der Waals surface area (Å²) in [5.41, 5.74) is 1.14. The summed E-state index contributed by atoms with van der Waals surface area (Å²) in [5.74, 6) is -0.418. The fraction of sp³-hybridized carbons (Fsp3) is 0.500. The number of carbonyl (C=O) groups excluding carboxylic acids is 2. The fourth-order valence-electron chi connectivity index (χ4n) is 1.64. The second kappa shape index (κ2) is 9.40. The molecule has 0 aliphatic rings. The minimum Gasteiger partial charge on any atom is -0.462 e. The van der Waals surface area contributed by atoms with Gasteiger partial charge in [0.1, 0.15) is 0 Å². The van der Waals surface area contributed by atoms with Crippen molar-refractivity contribution in [3.8, 4) is 0 Å². The van der Waals surface area contributed by atoms with Crippen LogP contribution >= 0.6 is 11.6 Å². The maximum atomic E-state index is 11.7. The third-order valence-corrected chi connectivity index (χ3v) is 3.12. The van der Waals surface area contributed by atoms with Crippen LogP contribution in [0.1, 0.15) is 49.9 Å². The van der Waals surface area contributed by atoms with Crippen LogP contribution in [0.25, 0.3) is 0 Å². The van der Waals surface area contributed by atoms with Gasteiger partial charge in [0, 0.05) is 17.5 Å². The van der Waals surface area contributed by atoms with Crippen molar-refractivity contribution in [2.45, 2.75) is 44.9 Å². The maximum absolute atomic E-state index is 11.7. The predicted octanol–water partition coefficient (Wildman–Crippen LogP) is 3.99. The molecule has 0 saturated carbocycles. The quantitative estimate of drug-likeness (QED) is 0.448. The summed E-state index contributed by atoms with van der Waals surface area (Å²) in [6.07, 6.45) is 2.86. The molecule has 116 valence electrons. The van der Waals surface area contributed by atoms with Gasteiger partial charge in [0.05, 0.1) is 12.2 Å². The number of nitrogens with one attached hydrogen (secondary N) is 1. The summed E-state index contributed by atoms with van der Waals surface area (Å²) >= 11 is 5.80. The molecular formula is C16H22ClNO3. The van der Waals surface area contributed by atoms with Crippen LogP contribution < -0.4 is 5.32 Å². The number of esters is 1. The van der Waals surface area contributed by atoms with Gasteiger partial charge in [-0.3, -0.25) is 4.79 Å². The van der Waals surface area contributed by atoms with Crippen LogP contribution in [0.3, 0.4) is 0 Å². The highest BCUT2D eigenvalue weighted by atomic mass is 35.5. The minimum absolute atomic E-state index is 0.0176. The van der Waals surface area contributed by atoms with E-state index in [1.54, 1.807) is 24.3 Å². The highest BCUT2D eigenvalue weighted by Crippen LogP contribution is 2.12. The molecule has 0 bridgehead atoms. The summed E-state index contributed by atoms with van der Waals surface area (Å²) in [4.78, 5) is 23.4. The zero-order chi connectivity index (χ0) is 15.7. The Balaban J connectivity index is 2.46. The standard InChI is InChI=1S/C16H22ClNO3/c1-3-4-11-21-16(20)13-6-8-14(9-7-13)18-15(19)10-5-12(2)17/h6-9,12H,3-5,10-11H2,1-2H3,(H,18,19)/t12-/m0/s1. The minimum atomic E-state index is -0.336. The van der Waals surface area contributed by atoms with Crippen LogP contribution in [-0.2, 0) is 9.53 Å². The number of hydrogen-bond acceptors (Lipinski definition) is 3. The summed E-state index contributed by atoms with van der Waals surface area (Å²) in [6.45, 7) is 4.33. The highest BCUT2D eigenvalue weighted by Gasteiger charge is 2.08. The number of benzene rings is 1. The van der Waals surface area contributed by atoms with Crippen molar-refractivity contribution in [1.82, 2.24) is 0 Å². The molecule has 0 aliphatic carbocycles. The number of carbonyl (C=O) groups is 2. The molecule has 4 nitrogen and oxygen atoms in total. The van der Waals surface area contributed by atoms with Gasteiger partial charge >= 0.3 is 5.97 Å². The first-order valence-electron chi connectivity index (χ1n) is 7.24. The molecule has 0 fully saturated rings. The normalized spacial score (nSPS) is 11.8. The van der Waals surface area contributed by atoms with Crippen molar-refractivity contribution in [2.75, 3.05) is 11.9 Å². The number of alkyl halides is 1. The maximum Gasteiger partial charge on any atom is 0.338 e. The molecule has 1 aromatic carbocycles. The van der Waals surface area contributed by atoms with Gasteiger partial charge in [0.15, 0.2) is 0 Å². The number of anilines is 1. The van der Waals surface area contributed by atoms with Crippen LogP contribution in [-0.4, -0.2) is 23.9 Å². The Labute approximate surface area is 130 Å². The Hall–Kier alpha value is -1.55. The molecule has 0 aromatic heterocycles. The molecule has 1 aromatic rings. The number of rotatable bonds is 8. The molecule has 1 atom stereocenters. The van der Waals surface area contributed by atoms with Crippen LogP contribution in [0.15, 0.2) is 24.3 Å². The Morgan fingerprint density at radius 2 is 1.95 bits per heavy atom. The van der Waals surface area contributed by atoms with Crippen LogP contribution in [0.2, 0.25) is 0 Å². The Bertz CT molecular complexity index is 457. The van der Waals surface area contributed by atoms with Crippen LogP contribution in [0.4, 0.5) is 5.69 Å². The molecule has 1 rings (SSSR count). The second-order valence-electron chi connectivity index (χ2n) is 4.93. The molecular weight excluding hydrogens is 290 g/mol. The van der Waals surface area contributed by atoms with Crippen LogP contribution in [0.5, 0.6) is 0 Å². The first-order valence-corrected chi connectivity index (χ1v) is 7.67. The monoisotopic (exact) mass is 311 g/mol. The van der Waals surface area contributed by atoms with E-state index in [-0.39, 0.29) is 17.3 Å². The van der Waals surface area contributed by atoms with Gasteiger partial charge in [-0.25, -0.2) is 4.79 Å². The molecule has 21 heavy (non-hydrogen) atoms. The number of unbranched alkanes of at least 4 members (excludes halogenated alkanes) is 1. The van der Waals surface area contributed by atoms with Gasteiger partial charge in [-0.1, -0.05) is 13.3 Å². The van der Waals surface area contributed by atoms with Gasteiger partial charge < -0.3 is 10.1 Å². The van der Waals surface area contributed by atoms with Gasteiger partial charge in [-0.2, -0.15) is 0 Å². The molecule has 0 unspecified atom stereocenters. The average molecular weight is 312 g/mol. The van der Waals surface area contributed by atoms with Gasteiger partial charge in [0.25, 0.3) is 0 Å². The molecule has 0 spiro atoms. The molecule has 5 heteroatoms. The fourth-order valence-corrected chi connectivity index (χ4v) is 1.74. The molecule has 0 radical (unpaired) electrons. The van der Waals surface area contributed by atoms with Crippen molar-refractivity contribution in [1.29, 1.82) is 0 Å². The van der Waals surface area contributed by atoms with Crippen molar-refractivity contribution in [3.63, 3.8) is 0 Å². The van der Waals surface area contributed by atoms with E-state index in [4.69, 9.17) is 16.3 Å². The first kappa shape index (κ1) is 17.5. The van der Waals surface area contributed by atoms with Gasteiger partial charge in [-0.05, 0) is 44.0 Å². The SMILES string of the molecule is CCCCOC(=O)c1ccc(NC(=O)CC[C@H](C)Cl)cc1. The van der Waals surface area contributed by atoms with Crippen LogP contribution in [0, 0.1) is 0 Å². The lowest BCUT2D eigenvalue weighted by atomic mass is 10.2. The van der Waals surface area contributed by atoms with Gasteiger partial charge in [0.2, 0.25) is 5.91 Å². The van der Waals surface area contributed by atoms with Gasteiger partial charge in [-0.15, -0.1) is 11.6 Å². The third kappa shape index (κ3) is 7.14. The lowest BCUT2D eigenvalue weighted by Crippen LogP contribution is -2.13. The third-order valence-electron chi connectivity index (χ3n) is 2.90. The van der Waals surface area contributed by atoms with E-state index >= 15 is 0 Å². The first-order chi connectivity index (χ1) is 10.0. The molecule has 0 saturated heterocycles. The number of hydrogen-bond donors (Lipinski definition) is 1. The van der Waals surface area contributed by atoms with Crippen molar-refractivity contribution in [2.24, 2.45) is 0 Å². The summed E-state index contributed by atoms with van der Waals surface area (Å²) < 4.78 is 5.11. The average Bonchev–Trinajstić information content (AvgIpc) is 2.46. The molecule has 1 amide bonds. The van der Waals surface area contributed by atoms with E-state index < -0.39 is 0 Å². The smallest absolute Gasteiger partial charge is 0.338 e. The number of amides is 1. The van der Waals surface area contributed by atoms with E-state index in [1.807, 2.05) is 13.8 Å². The lowest BCUT2D eigenvalue weighted by Gasteiger charge is -2.07. The molecule has 1 N–H and O–H groups in total. The summed E-state index contributed by atoms with van der Waals surface area (Å²) in [7, 11) is 0. The van der Waals surface area contributed by atoms with Crippen molar-refractivity contribution >= 4 is 29.2 Å². The van der Waals surface area contributed by atoms with E-state index in [0.717, 1.165) is 12.8 Å². The van der Waals surface area contributed by atoms with Crippen molar-refractivity contribution in [3.05, 3.63) is 29.8 Å². The Kier molecular flexibility index (Phi) is 7.83. The molecule has 0 heterocycles. The molecule has 0 aliphatic heterocycles. The summed E-state index contributed by atoms with van der Waals surface area (Å²) in [6, 6.07) is 6.68. The number of halogens is 1. The largest absolute Gasteiger partial charge is 0.462 e. The predicted molar refractivity (Wildman–Crippen MR) is 84.8 cm³/mol. The van der Waals surface area contributed by atoms with E-state index in [1.165, 1.54) is 0 Å². The second-order valence-corrected chi connectivity index (χ2v) is 5.68. The zero-order valence-electron chi connectivity index (χ0n) is 12.5.